The number of benzene rings is 2. The van der Waals surface area contributed by atoms with Gasteiger partial charge in [0.1, 0.15) is 0 Å². The van der Waals surface area contributed by atoms with Crippen molar-refractivity contribution in [1.82, 2.24) is 4.90 Å². The Bertz CT molecular complexity index is 687. The molecule has 0 bridgehead atoms. The lowest BCUT2D eigenvalue weighted by molar-refractivity contribution is 0.0784. The van der Waals surface area contributed by atoms with Crippen molar-refractivity contribution in [2.75, 3.05) is 13.8 Å². The fourth-order valence-corrected chi connectivity index (χ4v) is 2.84. The molecule has 21 heavy (non-hydrogen) atoms. The van der Waals surface area contributed by atoms with Gasteiger partial charge in [-0.3, -0.25) is 4.79 Å². The molecule has 0 N–H and O–H groups in total. The zero-order valence-electron chi connectivity index (χ0n) is 11.5. The molecule has 0 spiro atoms. The van der Waals surface area contributed by atoms with Crippen molar-refractivity contribution in [3.05, 3.63) is 57.2 Å². The molecular formula is C16H14INO3. The molecule has 0 aromatic heterocycles. The average molecular weight is 395 g/mol. The van der Waals surface area contributed by atoms with Crippen LogP contribution in [0, 0.1) is 3.57 Å². The van der Waals surface area contributed by atoms with Crippen LogP contribution in [-0.2, 0) is 6.54 Å². The van der Waals surface area contributed by atoms with E-state index in [9.17, 15) is 4.79 Å². The number of nitrogens with zero attached hydrogens (tertiary/aromatic N) is 1. The van der Waals surface area contributed by atoms with Gasteiger partial charge in [0.25, 0.3) is 5.91 Å². The Balaban J connectivity index is 1.76. The number of carbonyl (C=O) groups excluding carboxylic acids is 1. The smallest absolute Gasteiger partial charge is 0.254 e. The molecule has 2 aromatic carbocycles. The summed E-state index contributed by atoms with van der Waals surface area (Å²) in [7, 11) is 1.80. The van der Waals surface area contributed by atoms with Crippen molar-refractivity contribution >= 4 is 28.5 Å². The first-order chi connectivity index (χ1) is 10.1. The van der Waals surface area contributed by atoms with Crippen LogP contribution in [0.25, 0.3) is 0 Å². The highest BCUT2D eigenvalue weighted by atomic mass is 127. The van der Waals surface area contributed by atoms with Crippen LogP contribution in [0.5, 0.6) is 11.5 Å². The molecule has 0 aliphatic carbocycles. The highest BCUT2D eigenvalue weighted by molar-refractivity contribution is 14.1. The number of hydrogen-bond acceptors (Lipinski definition) is 3. The molecule has 5 heteroatoms. The molecule has 108 valence electrons. The van der Waals surface area contributed by atoms with E-state index < -0.39 is 0 Å². The Morgan fingerprint density at radius 3 is 2.76 bits per heavy atom. The summed E-state index contributed by atoms with van der Waals surface area (Å²) >= 11 is 2.18. The molecule has 0 unspecified atom stereocenters. The fourth-order valence-electron chi connectivity index (χ4n) is 2.23. The number of carbonyl (C=O) groups is 1. The lowest BCUT2D eigenvalue weighted by atomic mass is 10.1. The van der Waals surface area contributed by atoms with Crippen LogP contribution in [0.3, 0.4) is 0 Å². The van der Waals surface area contributed by atoms with Gasteiger partial charge in [0.2, 0.25) is 6.79 Å². The number of amides is 1. The van der Waals surface area contributed by atoms with Gasteiger partial charge in [0, 0.05) is 17.2 Å². The molecule has 2 aromatic rings. The van der Waals surface area contributed by atoms with Crippen molar-refractivity contribution in [3.63, 3.8) is 0 Å². The second-order valence-electron chi connectivity index (χ2n) is 4.83. The van der Waals surface area contributed by atoms with Gasteiger partial charge in [-0.25, -0.2) is 0 Å². The maximum atomic E-state index is 12.5. The monoisotopic (exact) mass is 395 g/mol. The van der Waals surface area contributed by atoms with Crippen LogP contribution < -0.4 is 9.47 Å². The van der Waals surface area contributed by atoms with Gasteiger partial charge in [-0.1, -0.05) is 18.2 Å². The molecule has 0 radical (unpaired) electrons. The van der Waals surface area contributed by atoms with E-state index in [0.29, 0.717) is 6.54 Å². The van der Waals surface area contributed by atoms with Crippen LogP contribution in [-0.4, -0.2) is 24.6 Å². The maximum Gasteiger partial charge on any atom is 0.254 e. The summed E-state index contributed by atoms with van der Waals surface area (Å²) < 4.78 is 11.6. The molecule has 3 rings (SSSR count). The van der Waals surface area contributed by atoms with E-state index >= 15 is 0 Å². The predicted octanol–water partition coefficient (Wildman–Crippen LogP) is 3.29. The second kappa shape index (κ2) is 5.93. The minimum atomic E-state index is 0.0117. The third kappa shape index (κ3) is 2.97. The highest BCUT2D eigenvalue weighted by Crippen LogP contribution is 2.32. The zero-order valence-corrected chi connectivity index (χ0v) is 13.7. The van der Waals surface area contributed by atoms with Gasteiger partial charge in [0.15, 0.2) is 11.5 Å². The van der Waals surface area contributed by atoms with Crippen LogP contribution in [0.1, 0.15) is 15.9 Å². The van der Waals surface area contributed by atoms with Crippen molar-refractivity contribution in [2.24, 2.45) is 0 Å². The quantitative estimate of drug-likeness (QED) is 0.749. The largest absolute Gasteiger partial charge is 0.454 e. The van der Waals surface area contributed by atoms with E-state index in [0.717, 1.165) is 26.2 Å². The van der Waals surface area contributed by atoms with Crippen molar-refractivity contribution in [3.8, 4) is 11.5 Å². The summed E-state index contributed by atoms with van der Waals surface area (Å²) in [6.45, 7) is 0.788. The van der Waals surface area contributed by atoms with Gasteiger partial charge < -0.3 is 14.4 Å². The molecule has 1 heterocycles. The topological polar surface area (TPSA) is 38.8 Å². The normalized spacial score (nSPS) is 12.3. The fraction of sp³-hybridized carbons (Fsp3) is 0.188. The zero-order chi connectivity index (χ0) is 14.8. The maximum absolute atomic E-state index is 12.5. The number of hydrogen-bond donors (Lipinski definition) is 0. The Morgan fingerprint density at radius 2 is 1.95 bits per heavy atom. The van der Waals surface area contributed by atoms with Crippen molar-refractivity contribution < 1.29 is 14.3 Å². The van der Waals surface area contributed by atoms with Gasteiger partial charge in [-0.15, -0.1) is 0 Å². The predicted molar refractivity (Wildman–Crippen MR) is 87.5 cm³/mol. The molecule has 1 amide bonds. The van der Waals surface area contributed by atoms with E-state index in [2.05, 4.69) is 22.6 Å². The Morgan fingerprint density at radius 1 is 1.19 bits per heavy atom. The molecule has 1 aliphatic rings. The lowest BCUT2D eigenvalue weighted by Crippen LogP contribution is -2.26. The first kappa shape index (κ1) is 14.2. The Labute approximate surface area is 136 Å². The number of ether oxygens (including phenoxy) is 2. The first-order valence-corrected chi connectivity index (χ1v) is 7.61. The van der Waals surface area contributed by atoms with Crippen molar-refractivity contribution in [1.29, 1.82) is 0 Å². The van der Waals surface area contributed by atoms with Crippen LogP contribution in [0.2, 0.25) is 0 Å². The van der Waals surface area contributed by atoms with Gasteiger partial charge >= 0.3 is 0 Å². The first-order valence-electron chi connectivity index (χ1n) is 6.53. The molecule has 0 saturated carbocycles. The number of rotatable bonds is 3. The van der Waals surface area contributed by atoms with Gasteiger partial charge in [-0.05, 0) is 52.4 Å². The molecule has 0 saturated heterocycles. The highest BCUT2D eigenvalue weighted by Gasteiger charge is 2.17. The molecule has 1 aliphatic heterocycles. The third-order valence-electron chi connectivity index (χ3n) is 3.31. The summed E-state index contributed by atoms with van der Waals surface area (Å²) in [5, 5.41) is 0. The summed E-state index contributed by atoms with van der Waals surface area (Å²) in [4.78, 5) is 14.2. The van der Waals surface area contributed by atoms with Crippen LogP contribution >= 0.6 is 22.6 Å². The number of fused-ring (bicyclic) bond motifs is 1. The summed E-state index contributed by atoms with van der Waals surface area (Å²) in [6, 6.07) is 13.3. The van der Waals surface area contributed by atoms with E-state index in [1.165, 1.54) is 0 Å². The molecule has 0 atom stereocenters. The molecule has 0 fully saturated rings. The minimum absolute atomic E-state index is 0.0117. The van der Waals surface area contributed by atoms with Crippen LogP contribution in [0.15, 0.2) is 42.5 Å². The summed E-state index contributed by atoms with van der Waals surface area (Å²) in [6.07, 6.45) is 0. The van der Waals surface area contributed by atoms with Crippen LogP contribution in [0.4, 0.5) is 0 Å². The second-order valence-corrected chi connectivity index (χ2v) is 5.99. The SMILES string of the molecule is CN(Cc1ccc2c(c1)OCO2)C(=O)c1ccccc1I. The molecular weight excluding hydrogens is 381 g/mol. The minimum Gasteiger partial charge on any atom is -0.454 e. The number of halogens is 1. The third-order valence-corrected chi connectivity index (χ3v) is 4.25. The summed E-state index contributed by atoms with van der Waals surface area (Å²) in [5.41, 5.74) is 1.74. The lowest BCUT2D eigenvalue weighted by Gasteiger charge is -2.18. The summed E-state index contributed by atoms with van der Waals surface area (Å²) in [5.74, 6) is 1.51. The van der Waals surface area contributed by atoms with E-state index in [4.69, 9.17) is 9.47 Å². The Kier molecular flexibility index (Phi) is 4.01. The van der Waals surface area contributed by atoms with E-state index in [1.807, 2.05) is 42.5 Å². The van der Waals surface area contributed by atoms with E-state index in [1.54, 1.807) is 11.9 Å². The standard InChI is InChI=1S/C16H14INO3/c1-18(16(19)12-4-2-3-5-13(12)17)9-11-6-7-14-15(8-11)21-10-20-14/h2-8H,9-10H2,1H3. The Hall–Kier alpha value is -1.76. The van der Waals surface area contributed by atoms with E-state index in [-0.39, 0.29) is 12.7 Å². The van der Waals surface area contributed by atoms with Gasteiger partial charge in [0.05, 0.1) is 5.56 Å². The molecule has 4 nitrogen and oxygen atoms in total. The van der Waals surface area contributed by atoms with Gasteiger partial charge in [-0.2, -0.15) is 0 Å². The van der Waals surface area contributed by atoms with Crippen molar-refractivity contribution in [2.45, 2.75) is 6.54 Å². The average Bonchev–Trinajstić information content (AvgIpc) is 2.94.